The molecule has 5 rings (SSSR count). The lowest BCUT2D eigenvalue weighted by atomic mass is 9.63. The molecule has 0 radical (unpaired) electrons. The Bertz CT molecular complexity index is 605. The summed E-state index contributed by atoms with van der Waals surface area (Å²) in [6, 6.07) is 8.02. The molecular formula is C17H16INO2. The second-order valence-corrected chi connectivity index (χ2v) is 7.48. The molecule has 4 aliphatic rings. The van der Waals surface area contributed by atoms with E-state index in [1.54, 1.807) is 0 Å². The molecule has 3 aliphatic carbocycles. The first kappa shape index (κ1) is 13.5. The van der Waals surface area contributed by atoms with Crippen LogP contribution in [0.3, 0.4) is 0 Å². The molecule has 4 heteroatoms. The highest BCUT2D eigenvalue weighted by molar-refractivity contribution is 14.1. The molecule has 21 heavy (non-hydrogen) atoms. The quantitative estimate of drug-likeness (QED) is 0.440. The van der Waals surface area contributed by atoms with Gasteiger partial charge in [-0.05, 0) is 65.0 Å². The standard InChI is InChI=1S/C17H16INO2/c18-13-7-1-10(2-8-13)9-19-16(20)14-11-3-4-12(6-5-11)15(14)17(19)21/h1-4,7-8,11-12,14-15H,5-6,9H2/t11-,12-,14+,15+/m1/s1. The number of amides is 2. The van der Waals surface area contributed by atoms with Crippen molar-refractivity contribution < 1.29 is 9.59 Å². The van der Waals surface area contributed by atoms with Crippen molar-refractivity contribution in [1.29, 1.82) is 0 Å². The van der Waals surface area contributed by atoms with Gasteiger partial charge in [0.25, 0.3) is 0 Å². The number of likely N-dealkylation sites (tertiary alicyclic amines) is 1. The summed E-state index contributed by atoms with van der Waals surface area (Å²) in [5.41, 5.74) is 1.02. The van der Waals surface area contributed by atoms with Crippen LogP contribution in [0.5, 0.6) is 0 Å². The fourth-order valence-electron chi connectivity index (χ4n) is 4.06. The van der Waals surface area contributed by atoms with Gasteiger partial charge in [-0.3, -0.25) is 14.5 Å². The Kier molecular flexibility index (Phi) is 3.17. The number of carbonyl (C=O) groups excluding carboxylic acids is 2. The molecule has 0 unspecified atom stereocenters. The predicted molar refractivity (Wildman–Crippen MR) is 87.1 cm³/mol. The third kappa shape index (κ3) is 2.06. The van der Waals surface area contributed by atoms with Crippen LogP contribution in [0, 0.1) is 27.2 Å². The van der Waals surface area contributed by atoms with E-state index >= 15 is 0 Å². The monoisotopic (exact) mass is 393 g/mol. The van der Waals surface area contributed by atoms with Crippen molar-refractivity contribution in [1.82, 2.24) is 4.90 Å². The summed E-state index contributed by atoms with van der Waals surface area (Å²) in [6.07, 6.45) is 6.43. The number of halogens is 1. The molecule has 2 fully saturated rings. The maximum atomic E-state index is 12.7. The van der Waals surface area contributed by atoms with Crippen molar-refractivity contribution in [2.24, 2.45) is 23.7 Å². The molecule has 1 aromatic carbocycles. The van der Waals surface area contributed by atoms with Gasteiger partial charge in [-0.15, -0.1) is 0 Å². The van der Waals surface area contributed by atoms with E-state index in [4.69, 9.17) is 0 Å². The third-order valence-electron chi connectivity index (χ3n) is 5.10. The van der Waals surface area contributed by atoms with Crippen molar-refractivity contribution in [2.45, 2.75) is 19.4 Å². The van der Waals surface area contributed by atoms with Crippen LogP contribution in [0.2, 0.25) is 0 Å². The first-order valence-corrected chi connectivity index (χ1v) is 8.51. The van der Waals surface area contributed by atoms with Crippen LogP contribution >= 0.6 is 22.6 Å². The van der Waals surface area contributed by atoms with E-state index in [0.29, 0.717) is 6.54 Å². The Morgan fingerprint density at radius 1 is 0.952 bits per heavy atom. The average Bonchev–Trinajstić information content (AvgIpc) is 2.78. The van der Waals surface area contributed by atoms with Gasteiger partial charge in [0, 0.05) is 3.57 Å². The molecule has 1 aliphatic heterocycles. The zero-order valence-electron chi connectivity index (χ0n) is 11.5. The van der Waals surface area contributed by atoms with Gasteiger partial charge in [0.1, 0.15) is 0 Å². The van der Waals surface area contributed by atoms with Crippen molar-refractivity contribution in [3.8, 4) is 0 Å². The molecule has 1 heterocycles. The Labute approximate surface area is 137 Å². The fraction of sp³-hybridized carbons (Fsp3) is 0.412. The summed E-state index contributed by atoms with van der Waals surface area (Å²) in [5, 5.41) is 0. The van der Waals surface area contributed by atoms with E-state index < -0.39 is 0 Å². The van der Waals surface area contributed by atoms with Crippen molar-refractivity contribution in [2.75, 3.05) is 0 Å². The number of nitrogens with zero attached hydrogens (tertiary/aromatic N) is 1. The normalized spacial score (nSPS) is 33.7. The minimum atomic E-state index is -0.0925. The lowest BCUT2D eigenvalue weighted by molar-refractivity contribution is -0.140. The molecule has 1 aromatic rings. The van der Waals surface area contributed by atoms with Crippen molar-refractivity contribution >= 4 is 34.4 Å². The van der Waals surface area contributed by atoms with E-state index in [9.17, 15) is 9.59 Å². The summed E-state index contributed by atoms with van der Waals surface area (Å²) in [5.74, 6) is 0.455. The van der Waals surface area contributed by atoms with Gasteiger partial charge in [-0.1, -0.05) is 24.3 Å². The lowest BCUT2D eigenvalue weighted by Crippen LogP contribution is -2.38. The van der Waals surface area contributed by atoms with E-state index in [-0.39, 0.29) is 35.5 Å². The van der Waals surface area contributed by atoms with Crippen LogP contribution in [0.15, 0.2) is 36.4 Å². The minimum absolute atomic E-state index is 0.0441. The zero-order valence-corrected chi connectivity index (χ0v) is 13.7. The third-order valence-corrected chi connectivity index (χ3v) is 5.82. The van der Waals surface area contributed by atoms with Gasteiger partial charge >= 0.3 is 0 Å². The highest BCUT2D eigenvalue weighted by Gasteiger charge is 2.56. The summed E-state index contributed by atoms with van der Waals surface area (Å²) in [6.45, 7) is 0.418. The van der Waals surface area contributed by atoms with Crippen LogP contribution in [0.25, 0.3) is 0 Å². The molecule has 2 amide bonds. The number of rotatable bonds is 2. The average molecular weight is 393 g/mol. The second-order valence-electron chi connectivity index (χ2n) is 6.23. The minimum Gasteiger partial charge on any atom is -0.278 e. The lowest BCUT2D eigenvalue weighted by Gasteiger charge is -2.38. The summed E-state index contributed by atoms with van der Waals surface area (Å²) >= 11 is 2.25. The molecular weight excluding hydrogens is 377 g/mol. The molecule has 1 saturated heterocycles. The number of allylic oxidation sites excluding steroid dienone is 2. The number of hydrogen-bond acceptors (Lipinski definition) is 2. The van der Waals surface area contributed by atoms with E-state index in [2.05, 4.69) is 34.7 Å². The fourth-order valence-corrected chi connectivity index (χ4v) is 4.42. The number of benzene rings is 1. The predicted octanol–water partition coefficient (Wildman–Crippen LogP) is 2.99. The van der Waals surface area contributed by atoms with Gasteiger partial charge in [-0.25, -0.2) is 0 Å². The maximum Gasteiger partial charge on any atom is 0.234 e. The summed E-state index contributed by atoms with van der Waals surface area (Å²) < 4.78 is 1.16. The molecule has 4 atom stereocenters. The van der Waals surface area contributed by atoms with Crippen LogP contribution in [0.4, 0.5) is 0 Å². The van der Waals surface area contributed by atoms with Crippen LogP contribution < -0.4 is 0 Å². The second kappa shape index (κ2) is 4.93. The van der Waals surface area contributed by atoms with Gasteiger partial charge in [0.2, 0.25) is 11.8 Å². The molecule has 3 nitrogen and oxygen atoms in total. The number of fused-ring (bicyclic) bond motifs is 1. The Morgan fingerprint density at radius 2 is 1.48 bits per heavy atom. The molecule has 2 bridgehead atoms. The van der Waals surface area contributed by atoms with E-state index in [1.165, 1.54) is 4.90 Å². The van der Waals surface area contributed by atoms with Crippen LogP contribution in [-0.4, -0.2) is 16.7 Å². The zero-order chi connectivity index (χ0) is 14.6. The smallest absolute Gasteiger partial charge is 0.234 e. The molecule has 0 spiro atoms. The molecule has 0 N–H and O–H groups in total. The summed E-state index contributed by atoms with van der Waals surface area (Å²) in [4.78, 5) is 26.9. The largest absolute Gasteiger partial charge is 0.278 e. The number of hydrogen-bond donors (Lipinski definition) is 0. The maximum absolute atomic E-state index is 12.7. The first-order valence-electron chi connectivity index (χ1n) is 7.43. The Hall–Kier alpha value is -1.17. The Morgan fingerprint density at radius 3 is 1.95 bits per heavy atom. The van der Waals surface area contributed by atoms with Gasteiger partial charge in [0.15, 0.2) is 0 Å². The van der Waals surface area contributed by atoms with Crippen molar-refractivity contribution in [3.63, 3.8) is 0 Å². The van der Waals surface area contributed by atoms with Crippen LogP contribution in [-0.2, 0) is 16.1 Å². The topological polar surface area (TPSA) is 37.4 Å². The highest BCUT2D eigenvalue weighted by Crippen LogP contribution is 2.49. The first-order chi connectivity index (χ1) is 10.1. The van der Waals surface area contributed by atoms with Crippen molar-refractivity contribution in [3.05, 3.63) is 45.6 Å². The number of imide groups is 1. The van der Waals surface area contributed by atoms with E-state index in [1.807, 2.05) is 24.3 Å². The molecule has 0 aromatic heterocycles. The SMILES string of the molecule is O=C1[C@@H]2[C@@H](C(=O)N1Cc1ccc(I)cc1)[C@@H]1C=C[C@@H]2CC1. The Balaban J connectivity index is 1.61. The van der Waals surface area contributed by atoms with Gasteiger partial charge in [-0.2, -0.15) is 0 Å². The molecule has 108 valence electrons. The summed E-state index contributed by atoms with van der Waals surface area (Å²) in [7, 11) is 0. The van der Waals surface area contributed by atoms with Crippen LogP contribution in [0.1, 0.15) is 18.4 Å². The van der Waals surface area contributed by atoms with Gasteiger partial charge < -0.3 is 0 Å². The highest BCUT2D eigenvalue weighted by atomic mass is 127. The number of carbonyl (C=O) groups is 2. The van der Waals surface area contributed by atoms with Gasteiger partial charge in [0.05, 0.1) is 18.4 Å². The van der Waals surface area contributed by atoms with E-state index in [0.717, 1.165) is 22.0 Å². The molecule has 1 saturated carbocycles.